The monoisotopic (exact) mass is 256 g/mol. The van der Waals surface area contributed by atoms with Gasteiger partial charge in [0.25, 0.3) is 0 Å². The summed E-state index contributed by atoms with van der Waals surface area (Å²) in [7, 11) is 0. The third-order valence-electron chi connectivity index (χ3n) is 2.94. The molecule has 1 N–H and O–H groups in total. The van der Waals surface area contributed by atoms with Gasteiger partial charge in [-0.3, -0.25) is 0 Å². The Hall–Kier alpha value is -2.21. The lowest BCUT2D eigenvalue weighted by Crippen LogP contribution is -2.06. The summed E-state index contributed by atoms with van der Waals surface area (Å²) in [5, 5.41) is 3.06. The number of hydrogen-bond donors (Lipinski definition) is 1. The molecule has 3 heteroatoms. The van der Waals surface area contributed by atoms with Crippen LogP contribution in [0.2, 0.25) is 0 Å². The van der Waals surface area contributed by atoms with E-state index < -0.39 is 0 Å². The minimum absolute atomic E-state index is 0.408. The second kappa shape index (κ2) is 6.10. The van der Waals surface area contributed by atoms with Gasteiger partial charge in [-0.05, 0) is 52.3 Å². The maximum absolute atomic E-state index is 5.52. The Kier molecular flexibility index (Phi) is 4.77. The summed E-state index contributed by atoms with van der Waals surface area (Å²) in [5.74, 6) is 4.34. The zero-order valence-electron chi connectivity index (χ0n) is 12.2. The normalized spacial score (nSPS) is 11.4. The molecule has 0 amide bonds. The SMILES string of the molecule is C#C/C(C)=C(/C)OC(=C)Nc1nc(C)c(C)cc1C. The van der Waals surface area contributed by atoms with E-state index in [1.54, 1.807) is 0 Å². The molecule has 19 heavy (non-hydrogen) atoms. The average Bonchev–Trinajstić information content (AvgIpc) is 2.34. The smallest absolute Gasteiger partial charge is 0.191 e. The van der Waals surface area contributed by atoms with Crippen LogP contribution in [0.5, 0.6) is 0 Å². The van der Waals surface area contributed by atoms with Crippen molar-refractivity contribution >= 4 is 5.82 Å². The van der Waals surface area contributed by atoms with Gasteiger partial charge in [0.05, 0.1) is 0 Å². The Bertz CT molecular complexity index is 577. The van der Waals surface area contributed by atoms with Crippen molar-refractivity contribution in [3.63, 3.8) is 0 Å². The van der Waals surface area contributed by atoms with E-state index in [2.05, 4.69) is 28.9 Å². The summed E-state index contributed by atoms with van der Waals surface area (Å²) in [5.41, 5.74) is 3.93. The molecule has 1 rings (SSSR count). The van der Waals surface area contributed by atoms with E-state index in [0.29, 0.717) is 11.6 Å². The average molecular weight is 256 g/mol. The van der Waals surface area contributed by atoms with Gasteiger partial charge in [0.15, 0.2) is 5.88 Å². The molecule has 0 saturated carbocycles. The van der Waals surface area contributed by atoms with Crippen LogP contribution in [0.1, 0.15) is 30.7 Å². The van der Waals surface area contributed by atoms with Crippen molar-refractivity contribution in [2.24, 2.45) is 0 Å². The number of nitrogens with zero attached hydrogens (tertiary/aromatic N) is 1. The minimum atomic E-state index is 0.408. The topological polar surface area (TPSA) is 34.1 Å². The first kappa shape index (κ1) is 14.8. The van der Waals surface area contributed by atoms with Gasteiger partial charge in [0, 0.05) is 11.3 Å². The maximum Gasteiger partial charge on any atom is 0.191 e. The molecule has 0 unspecified atom stereocenters. The molecule has 3 nitrogen and oxygen atoms in total. The van der Waals surface area contributed by atoms with Crippen LogP contribution in [0, 0.1) is 33.1 Å². The Morgan fingerprint density at radius 3 is 2.53 bits per heavy atom. The zero-order chi connectivity index (χ0) is 14.6. The number of terminal acetylenes is 1. The molecule has 0 fully saturated rings. The van der Waals surface area contributed by atoms with E-state index >= 15 is 0 Å². The first-order valence-corrected chi connectivity index (χ1v) is 6.08. The number of pyridine rings is 1. The molecule has 0 bridgehead atoms. The van der Waals surface area contributed by atoms with E-state index in [-0.39, 0.29) is 0 Å². The molecular formula is C16H20N2O. The lowest BCUT2D eigenvalue weighted by molar-refractivity contribution is 0.311. The summed E-state index contributed by atoms with van der Waals surface area (Å²) in [4.78, 5) is 4.48. The number of rotatable bonds is 4. The van der Waals surface area contributed by atoms with Gasteiger partial charge in [0.1, 0.15) is 11.6 Å². The number of hydrogen-bond acceptors (Lipinski definition) is 3. The maximum atomic E-state index is 5.52. The molecule has 1 aromatic heterocycles. The van der Waals surface area contributed by atoms with Gasteiger partial charge in [-0.25, -0.2) is 4.98 Å². The molecule has 0 aliphatic carbocycles. The lowest BCUT2D eigenvalue weighted by atomic mass is 10.1. The summed E-state index contributed by atoms with van der Waals surface area (Å²) >= 11 is 0. The number of nitrogens with one attached hydrogen (secondary N) is 1. The molecule has 0 aliphatic rings. The van der Waals surface area contributed by atoms with Crippen LogP contribution in [0.15, 0.2) is 29.9 Å². The number of ether oxygens (including phenoxy) is 1. The molecule has 0 aliphatic heterocycles. The molecule has 100 valence electrons. The zero-order valence-corrected chi connectivity index (χ0v) is 12.2. The molecule has 1 aromatic rings. The summed E-state index contributed by atoms with van der Waals surface area (Å²) in [6.07, 6.45) is 5.31. The Balaban J connectivity index is 2.85. The number of allylic oxidation sites excluding steroid dienone is 2. The predicted molar refractivity (Wildman–Crippen MR) is 79.5 cm³/mol. The summed E-state index contributed by atoms with van der Waals surface area (Å²) < 4.78 is 5.52. The van der Waals surface area contributed by atoms with Gasteiger partial charge in [-0.15, -0.1) is 6.42 Å². The molecule has 0 saturated heterocycles. The van der Waals surface area contributed by atoms with E-state index in [1.165, 1.54) is 0 Å². The van der Waals surface area contributed by atoms with Crippen LogP contribution in [-0.2, 0) is 4.74 Å². The van der Waals surface area contributed by atoms with Crippen molar-refractivity contribution in [2.75, 3.05) is 5.32 Å². The highest BCUT2D eigenvalue weighted by molar-refractivity contribution is 5.49. The van der Waals surface area contributed by atoms with Gasteiger partial charge in [-0.1, -0.05) is 12.0 Å². The van der Waals surface area contributed by atoms with Crippen molar-refractivity contribution in [1.29, 1.82) is 0 Å². The minimum Gasteiger partial charge on any atom is -0.445 e. The van der Waals surface area contributed by atoms with Crippen LogP contribution >= 0.6 is 0 Å². The molecule has 0 radical (unpaired) electrons. The number of aryl methyl sites for hydroxylation is 3. The first-order chi connectivity index (χ1) is 8.85. The number of aromatic nitrogens is 1. The van der Waals surface area contributed by atoms with E-state index in [0.717, 1.165) is 28.2 Å². The standard InChI is InChI=1S/C16H20N2O/c1-8-10(2)14(6)19-15(7)18-16-12(4)9-11(3)13(5)17-16/h1,9H,7H2,2-6H3,(H,17,18)/b14-10-. The van der Waals surface area contributed by atoms with Gasteiger partial charge in [0.2, 0.25) is 0 Å². The molecule has 1 heterocycles. The van der Waals surface area contributed by atoms with E-state index in [9.17, 15) is 0 Å². The fourth-order valence-corrected chi connectivity index (χ4v) is 1.49. The second-order valence-electron chi connectivity index (χ2n) is 4.53. The van der Waals surface area contributed by atoms with Crippen LogP contribution in [-0.4, -0.2) is 4.98 Å². The van der Waals surface area contributed by atoms with Crippen LogP contribution in [0.3, 0.4) is 0 Å². The number of anilines is 1. The Morgan fingerprint density at radius 1 is 1.32 bits per heavy atom. The Labute approximate surface area is 115 Å². The molecule has 0 spiro atoms. The highest BCUT2D eigenvalue weighted by Gasteiger charge is 2.06. The largest absolute Gasteiger partial charge is 0.445 e. The fraction of sp³-hybridized carbons (Fsp3) is 0.312. The first-order valence-electron chi connectivity index (χ1n) is 6.08. The van der Waals surface area contributed by atoms with E-state index in [4.69, 9.17) is 11.2 Å². The van der Waals surface area contributed by atoms with Gasteiger partial charge < -0.3 is 10.1 Å². The molecule has 0 atom stereocenters. The highest BCUT2D eigenvalue weighted by atomic mass is 16.5. The van der Waals surface area contributed by atoms with Crippen molar-refractivity contribution in [3.05, 3.63) is 46.7 Å². The summed E-state index contributed by atoms with van der Waals surface area (Å²) in [6, 6.07) is 2.08. The highest BCUT2D eigenvalue weighted by Crippen LogP contribution is 2.18. The fourth-order valence-electron chi connectivity index (χ4n) is 1.49. The van der Waals surface area contributed by atoms with Gasteiger partial charge >= 0.3 is 0 Å². The van der Waals surface area contributed by atoms with Gasteiger partial charge in [-0.2, -0.15) is 0 Å². The quantitative estimate of drug-likeness (QED) is 0.656. The third-order valence-corrected chi connectivity index (χ3v) is 2.94. The van der Waals surface area contributed by atoms with Crippen molar-refractivity contribution in [2.45, 2.75) is 34.6 Å². The van der Waals surface area contributed by atoms with Crippen LogP contribution < -0.4 is 5.32 Å². The Morgan fingerprint density at radius 2 is 1.95 bits per heavy atom. The van der Waals surface area contributed by atoms with E-state index in [1.807, 2.05) is 34.6 Å². The van der Waals surface area contributed by atoms with Crippen molar-refractivity contribution in [1.82, 2.24) is 4.98 Å². The van der Waals surface area contributed by atoms with Crippen molar-refractivity contribution < 1.29 is 4.74 Å². The second-order valence-corrected chi connectivity index (χ2v) is 4.53. The summed E-state index contributed by atoms with van der Waals surface area (Å²) in [6.45, 7) is 13.4. The third kappa shape index (κ3) is 3.89. The lowest BCUT2D eigenvalue weighted by Gasteiger charge is -2.14. The van der Waals surface area contributed by atoms with Crippen LogP contribution in [0.25, 0.3) is 0 Å². The predicted octanol–water partition coefficient (Wildman–Crippen LogP) is 3.83. The molecule has 0 aromatic carbocycles. The van der Waals surface area contributed by atoms with Crippen LogP contribution in [0.4, 0.5) is 5.82 Å². The van der Waals surface area contributed by atoms with Crippen molar-refractivity contribution in [3.8, 4) is 12.3 Å². The molecular weight excluding hydrogens is 236 g/mol.